The van der Waals surface area contributed by atoms with Gasteiger partial charge in [-0.25, -0.2) is 0 Å². The quantitative estimate of drug-likeness (QED) is 0.354. The summed E-state index contributed by atoms with van der Waals surface area (Å²) in [5.41, 5.74) is 3.84. The maximum atomic E-state index is 12.4. The molecule has 6 atom stereocenters. The molecule has 24 heavy (non-hydrogen) atoms. The fourth-order valence-corrected chi connectivity index (χ4v) is 2.12. The van der Waals surface area contributed by atoms with E-state index in [1.807, 2.05) is 20.8 Å². The van der Waals surface area contributed by atoms with Crippen molar-refractivity contribution in [2.45, 2.75) is 71.7 Å². The molecule has 0 radical (unpaired) electrons. The molecule has 8 heteroatoms. The van der Waals surface area contributed by atoms with Gasteiger partial charge < -0.3 is 31.4 Å². The second-order valence-corrected chi connectivity index (χ2v) is 6.41. The van der Waals surface area contributed by atoms with Gasteiger partial charge in [0.05, 0.1) is 18.1 Å². The number of carboxylic acid groups (broad SMARTS) is 1. The molecule has 0 aliphatic carbocycles. The average molecular weight is 345 g/mol. The number of quaternary nitrogens is 1. The van der Waals surface area contributed by atoms with E-state index in [2.05, 4.69) is 16.4 Å². The van der Waals surface area contributed by atoms with Crippen molar-refractivity contribution in [2.75, 3.05) is 0 Å². The molecule has 0 bridgehead atoms. The summed E-state index contributed by atoms with van der Waals surface area (Å²) in [6.45, 7) is 8.73. The molecule has 0 rings (SSSR count). The van der Waals surface area contributed by atoms with Crippen molar-refractivity contribution in [3.63, 3.8) is 0 Å². The van der Waals surface area contributed by atoms with Crippen molar-refractivity contribution < 1.29 is 30.3 Å². The van der Waals surface area contributed by atoms with Crippen LogP contribution in [0.25, 0.3) is 0 Å². The standard InChI is InChI=1S/C16H31N3O5/c1-6-8(3)11(17)14(21)18-12(9(4)7-2)15(22)19-13(10(5)20)16(23)24/h8-13,20H,6-7,17H2,1-5H3,(H,18,21)(H,19,22)(H,23,24). The number of aliphatic hydroxyl groups is 1. The monoisotopic (exact) mass is 345 g/mol. The Morgan fingerprint density at radius 1 is 0.958 bits per heavy atom. The zero-order valence-electron chi connectivity index (χ0n) is 15.2. The van der Waals surface area contributed by atoms with Crippen molar-refractivity contribution >= 4 is 17.8 Å². The van der Waals surface area contributed by atoms with Crippen molar-refractivity contribution in [2.24, 2.45) is 11.8 Å². The van der Waals surface area contributed by atoms with Gasteiger partial charge in [0.1, 0.15) is 6.04 Å². The molecule has 0 saturated heterocycles. The normalized spacial score (nSPS) is 18.6. The lowest BCUT2D eigenvalue weighted by atomic mass is 9.95. The lowest BCUT2D eigenvalue weighted by molar-refractivity contribution is -0.415. The lowest BCUT2D eigenvalue weighted by Crippen LogP contribution is -2.71. The molecule has 0 aliphatic heterocycles. The Kier molecular flexibility index (Phi) is 9.53. The van der Waals surface area contributed by atoms with E-state index in [0.717, 1.165) is 6.42 Å². The van der Waals surface area contributed by atoms with E-state index in [1.54, 1.807) is 6.92 Å². The number of carbonyl (C=O) groups excluding carboxylic acids is 3. The highest BCUT2D eigenvalue weighted by atomic mass is 16.4. The highest BCUT2D eigenvalue weighted by molar-refractivity contribution is 5.91. The van der Waals surface area contributed by atoms with Gasteiger partial charge in [-0.3, -0.25) is 9.59 Å². The molecule has 0 spiro atoms. The maximum Gasteiger partial charge on any atom is 0.279 e. The third kappa shape index (κ3) is 6.45. The fraction of sp³-hybridized carbons (Fsp3) is 0.812. The first kappa shape index (κ1) is 22.3. The molecule has 0 aliphatic rings. The van der Waals surface area contributed by atoms with Gasteiger partial charge in [-0.1, -0.05) is 34.1 Å². The van der Waals surface area contributed by atoms with Gasteiger partial charge in [0.25, 0.3) is 5.91 Å². The summed E-state index contributed by atoms with van der Waals surface area (Å²) in [6, 6.07) is -2.95. The summed E-state index contributed by atoms with van der Waals surface area (Å²) in [5.74, 6) is -2.76. The molecule has 0 aromatic rings. The zero-order valence-corrected chi connectivity index (χ0v) is 15.2. The minimum Gasteiger partial charge on any atom is -0.548 e. The van der Waals surface area contributed by atoms with Crippen molar-refractivity contribution in [3.8, 4) is 0 Å². The molecule has 8 nitrogen and oxygen atoms in total. The lowest BCUT2D eigenvalue weighted by Gasteiger charge is -2.29. The van der Waals surface area contributed by atoms with Crippen LogP contribution in [-0.4, -0.2) is 47.1 Å². The van der Waals surface area contributed by atoms with E-state index >= 15 is 0 Å². The number of carboxylic acids is 1. The molecule has 6 N–H and O–H groups in total. The molecule has 2 amide bonds. The maximum absolute atomic E-state index is 12.4. The number of carbonyl (C=O) groups is 3. The van der Waals surface area contributed by atoms with E-state index in [-0.39, 0.29) is 17.7 Å². The molecule has 0 aromatic carbocycles. The summed E-state index contributed by atoms with van der Waals surface area (Å²) in [4.78, 5) is 35.7. The van der Waals surface area contributed by atoms with Gasteiger partial charge in [-0.15, -0.1) is 0 Å². The predicted octanol–water partition coefficient (Wildman–Crippen LogP) is -2.21. The van der Waals surface area contributed by atoms with Gasteiger partial charge in [-0.2, -0.15) is 0 Å². The first-order valence-electron chi connectivity index (χ1n) is 8.39. The molecule has 0 aromatic heterocycles. The summed E-state index contributed by atoms with van der Waals surface area (Å²) in [5, 5.41) is 25.4. The number of aliphatic hydroxyl groups excluding tert-OH is 1. The topological polar surface area (TPSA) is 146 Å². The summed E-state index contributed by atoms with van der Waals surface area (Å²) >= 11 is 0. The fourth-order valence-electron chi connectivity index (χ4n) is 2.12. The van der Waals surface area contributed by atoms with Gasteiger partial charge in [0.15, 0.2) is 6.04 Å². The van der Waals surface area contributed by atoms with Crippen molar-refractivity contribution in [1.82, 2.24) is 10.6 Å². The van der Waals surface area contributed by atoms with Crippen molar-refractivity contribution in [3.05, 3.63) is 0 Å². The van der Waals surface area contributed by atoms with Crippen LogP contribution in [0.2, 0.25) is 0 Å². The van der Waals surface area contributed by atoms with Gasteiger partial charge >= 0.3 is 0 Å². The second-order valence-electron chi connectivity index (χ2n) is 6.41. The second kappa shape index (κ2) is 10.2. The number of rotatable bonds is 10. The van der Waals surface area contributed by atoms with Gasteiger partial charge in [0.2, 0.25) is 5.91 Å². The largest absolute Gasteiger partial charge is 0.548 e. The molecule has 0 heterocycles. The zero-order chi connectivity index (χ0) is 19.0. The van der Waals surface area contributed by atoms with Crippen LogP contribution in [0, 0.1) is 11.8 Å². The molecule has 0 fully saturated rings. The Morgan fingerprint density at radius 3 is 1.79 bits per heavy atom. The highest BCUT2D eigenvalue weighted by Gasteiger charge is 2.32. The molecule has 6 unspecified atom stereocenters. The van der Waals surface area contributed by atoms with Crippen LogP contribution < -0.4 is 21.5 Å². The third-order valence-corrected chi connectivity index (χ3v) is 4.49. The molecule has 0 saturated carbocycles. The van der Waals surface area contributed by atoms with Crippen LogP contribution >= 0.6 is 0 Å². The number of amides is 2. The van der Waals surface area contributed by atoms with E-state index in [4.69, 9.17) is 0 Å². The smallest absolute Gasteiger partial charge is 0.279 e. The minimum atomic E-state index is -1.58. The molecular formula is C16H31N3O5. The summed E-state index contributed by atoms with van der Waals surface area (Å²) in [6.07, 6.45) is 0.0676. The van der Waals surface area contributed by atoms with Crippen LogP contribution in [-0.2, 0) is 14.4 Å². The first-order chi connectivity index (χ1) is 11.1. The Bertz CT molecular complexity index is 441. The predicted molar refractivity (Wildman–Crippen MR) is 86.1 cm³/mol. The number of hydrogen-bond acceptors (Lipinski definition) is 5. The van der Waals surface area contributed by atoms with Crippen LogP contribution in [0.5, 0.6) is 0 Å². The molecule has 140 valence electrons. The van der Waals surface area contributed by atoms with Crippen molar-refractivity contribution in [1.29, 1.82) is 0 Å². The number of aliphatic carboxylic acids is 1. The van der Waals surface area contributed by atoms with Crippen LogP contribution in [0.3, 0.4) is 0 Å². The first-order valence-corrected chi connectivity index (χ1v) is 8.39. The number of hydrogen-bond donors (Lipinski definition) is 4. The minimum absolute atomic E-state index is 0.0547. The molecular weight excluding hydrogens is 314 g/mol. The van der Waals surface area contributed by atoms with Crippen LogP contribution in [0.15, 0.2) is 0 Å². The number of nitrogens with one attached hydrogen (secondary N) is 2. The Hall–Kier alpha value is -1.67. The van der Waals surface area contributed by atoms with E-state index in [9.17, 15) is 24.6 Å². The SMILES string of the molecule is CCC(C)C([NH3+])C(=O)NC(C(=O)NC(C(=O)[O-])C(C)O)C(C)CC. The summed E-state index contributed by atoms with van der Waals surface area (Å²) < 4.78 is 0. The van der Waals surface area contributed by atoms with E-state index in [1.165, 1.54) is 6.92 Å². The van der Waals surface area contributed by atoms with E-state index in [0.29, 0.717) is 6.42 Å². The summed E-state index contributed by atoms with van der Waals surface area (Å²) in [7, 11) is 0. The Labute approximate surface area is 143 Å². The van der Waals surface area contributed by atoms with Crippen LogP contribution in [0.4, 0.5) is 0 Å². The third-order valence-electron chi connectivity index (χ3n) is 4.49. The highest BCUT2D eigenvalue weighted by Crippen LogP contribution is 2.11. The van der Waals surface area contributed by atoms with Gasteiger partial charge in [0, 0.05) is 5.92 Å². The Balaban J connectivity index is 5.16. The Morgan fingerprint density at radius 2 is 1.42 bits per heavy atom. The van der Waals surface area contributed by atoms with Crippen LogP contribution in [0.1, 0.15) is 47.5 Å². The average Bonchev–Trinajstić information content (AvgIpc) is 2.53. The van der Waals surface area contributed by atoms with E-state index < -0.39 is 36.1 Å². The van der Waals surface area contributed by atoms with Gasteiger partial charge in [-0.05, 0) is 19.3 Å².